The second kappa shape index (κ2) is 12.9. The smallest absolute Gasteiger partial charge is 0.160 e. The predicted molar refractivity (Wildman–Crippen MR) is 207 cm³/mol. The largest absolute Gasteiger partial charge is 0.263 e. The average molecular weight is 640 g/mol. The highest BCUT2D eigenvalue weighted by Gasteiger charge is 2.15. The summed E-state index contributed by atoms with van der Waals surface area (Å²) in [7, 11) is 0. The lowest BCUT2D eigenvalue weighted by Crippen LogP contribution is -1.98. The maximum Gasteiger partial charge on any atom is 0.160 e. The molecule has 3 nitrogen and oxygen atoms in total. The van der Waals surface area contributed by atoms with E-state index in [1.165, 1.54) is 38.8 Å². The Morgan fingerprint density at radius 2 is 1.08 bits per heavy atom. The number of allylic oxidation sites excluding steroid dienone is 1. The van der Waals surface area contributed by atoms with Crippen LogP contribution in [0.4, 0.5) is 0 Å². The summed E-state index contributed by atoms with van der Waals surface area (Å²) in [4.78, 5) is 14.9. The third kappa shape index (κ3) is 5.69. The van der Waals surface area contributed by atoms with E-state index in [9.17, 15) is 0 Å². The maximum atomic E-state index is 5.20. The maximum absolute atomic E-state index is 5.20. The molecule has 0 unspecified atom stereocenters. The number of hydrogen-bond donors (Lipinski definition) is 0. The van der Waals surface area contributed by atoms with Gasteiger partial charge in [-0.15, -0.1) is 0 Å². The van der Waals surface area contributed by atoms with Crippen molar-refractivity contribution in [2.45, 2.75) is 12.8 Å². The van der Waals surface area contributed by atoms with Gasteiger partial charge in [0, 0.05) is 40.0 Å². The van der Waals surface area contributed by atoms with E-state index in [1.54, 1.807) is 0 Å². The summed E-state index contributed by atoms with van der Waals surface area (Å²) in [6.45, 7) is 0. The first kappa shape index (κ1) is 29.7. The Kier molecular flexibility index (Phi) is 7.64. The molecule has 0 fully saturated rings. The van der Waals surface area contributed by atoms with Gasteiger partial charge in [-0.2, -0.15) is 0 Å². The van der Waals surface area contributed by atoms with Gasteiger partial charge in [-0.3, -0.25) is 4.98 Å². The Morgan fingerprint density at radius 3 is 1.88 bits per heavy atom. The van der Waals surface area contributed by atoms with E-state index in [0.29, 0.717) is 5.82 Å². The molecule has 2 heterocycles. The molecule has 0 saturated heterocycles. The van der Waals surface area contributed by atoms with Crippen molar-refractivity contribution in [2.24, 2.45) is 0 Å². The van der Waals surface area contributed by atoms with Gasteiger partial charge in [-0.25, -0.2) is 9.97 Å². The summed E-state index contributed by atoms with van der Waals surface area (Å²) in [6.07, 6.45) is 10.6. The zero-order valence-electron chi connectivity index (χ0n) is 27.5. The molecule has 8 aromatic rings. The molecule has 0 spiro atoms. The van der Waals surface area contributed by atoms with Gasteiger partial charge in [0.2, 0.25) is 0 Å². The van der Waals surface area contributed by atoms with Crippen LogP contribution in [0.1, 0.15) is 17.5 Å². The first-order valence-corrected chi connectivity index (χ1v) is 17.1. The first-order valence-electron chi connectivity index (χ1n) is 17.1. The van der Waals surface area contributed by atoms with Crippen molar-refractivity contribution in [3.05, 3.63) is 181 Å². The van der Waals surface area contributed by atoms with E-state index in [4.69, 9.17) is 9.97 Å². The van der Waals surface area contributed by atoms with Crippen LogP contribution < -0.4 is 0 Å². The number of fused-ring (bicyclic) bond motifs is 2. The standard InChI is InChI=1S/C47H33N3/c1-2-10-32(11-3-1)33-20-24-36(25-21-33)45-29-46(37-26-22-35(23-27-37)44-31-48-30-40-13-5-7-18-43(40)44)50-47(49-45)39-16-8-15-38(28-39)42-19-9-14-34-12-4-6-17-41(34)42/h1-3,5-11,13-31H,4,12H2. The summed E-state index contributed by atoms with van der Waals surface area (Å²) >= 11 is 0. The van der Waals surface area contributed by atoms with Crippen LogP contribution in [0.5, 0.6) is 0 Å². The molecule has 2 aromatic heterocycles. The van der Waals surface area contributed by atoms with Crippen LogP contribution in [0.25, 0.3) is 84.1 Å². The quantitative estimate of drug-likeness (QED) is 0.182. The molecule has 1 aliphatic carbocycles. The van der Waals surface area contributed by atoms with Crippen LogP contribution in [-0.2, 0) is 6.42 Å². The highest BCUT2D eigenvalue weighted by atomic mass is 14.9. The number of rotatable bonds is 6. The summed E-state index contributed by atoms with van der Waals surface area (Å²) in [5.74, 6) is 0.703. The second-order valence-electron chi connectivity index (χ2n) is 12.8. The predicted octanol–water partition coefficient (Wildman–Crippen LogP) is 12.0. The fraction of sp³-hybridized carbons (Fsp3) is 0.0426. The van der Waals surface area contributed by atoms with E-state index in [1.807, 2.05) is 18.5 Å². The lowest BCUT2D eigenvalue weighted by molar-refractivity contribution is 0.986. The van der Waals surface area contributed by atoms with Gasteiger partial charge >= 0.3 is 0 Å². The van der Waals surface area contributed by atoms with Gasteiger partial charge in [0.05, 0.1) is 11.4 Å². The van der Waals surface area contributed by atoms with E-state index < -0.39 is 0 Å². The van der Waals surface area contributed by atoms with E-state index >= 15 is 0 Å². The van der Waals surface area contributed by atoms with Gasteiger partial charge in [0.1, 0.15) is 0 Å². The summed E-state index contributed by atoms with van der Waals surface area (Å²) in [5, 5.41) is 2.32. The van der Waals surface area contributed by atoms with Gasteiger partial charge in [-0.05, 0) is 69.3 Å². The van der Waals surface area contributed by atoms with Gasteiger partial charge < -0.3 is 0 Å². The van der Waals surface area contributed by atoms with Crippen molar-refractivity contribution in [3.8, 4) is 67.3 Å². The van der Waals surface area contributed by atoms with Crippen LogP contribution in [0.2, 0.25) is 0 Å². The second-order valence-corrected chi connectivity index (χ2v) is 12.8. The van der Waals surface area contributed by atoms with Crippen LogP contribution in [0, 0.1) is 0 Å². The minimum atomic E-state index is 0.703. The van der Waals surface area contributed by atoms with Crippen molar-refractivity contribution in [1.82, 2.24) is 15.0 Å². The molecule has 3 heteroatoms. The van der Waals surface area contributed by atoms with Crippen molar-refractivity contribution in [3.63, 3.8) is 0 Å². The minimum Gasteiger partial charge on any atom is -0.263 e. The van der Waals surface area contributed by atoms with Gasteiger partial charge in [-0.1, -0.05) is 152 Å². The van der Waals surface area contributed by atoms with E-state index in [2.05, 4.69) is 163 Å². The highest BCUT2D eigenvalue weighted by Crippen LogP contribution is 2.35. The molecule has 236 valence electrons. The molecule has 9 rings (SSSR count). The number of nitrogens with zero attached hydrogens (tertiary/aromatic N) is 3. The first-order chi connectivity index (χ1) is 24.8. The minimum absolute atomic E-state index is 0.703. The molecular formula is C47H33N3. The summed E-state index contributed by atoms with van der Waals surface area (Å²) in [5.41, 5.74) is 14.6. The third-order valence-electron chi connectivity index (χ3n) is 9.67. The van der Waals surface area contributed by atoms with Gasteiger partial charge in [0.15, 0.2) is 5.82 Å². The normalized spacial score (nSPS) is 12.2. The molecule has 0 amide bonds. The molecule has 6 aromatic carbocycles. The molecule has 0 aliphatic heterocycles. The van der Waals surface area contributed by atoms with Crippen LogP contribution in [0.3, 0.4) is 0 Å². The molecule has 0 bridgehead atoms. The van der Waals surface area contributed by atoms with E-state index in [0.717, 1.165) is 57.4 Å². The Labute approximate surface area is 292 Å². The molecule has 50 heavy (non-hydrogen) atoms. The topological polar surface area (TPSA) is 38.7 Å². The van der Waals surface area contributed by atoms with Crippen molar-refractivity contribution < 1.29 is 0 Å². The molecular weight excluding hydrogens is 607 g/mol. The lowest BCUT2D eigenvalue weighted by atomic mass is 9.89. The Morgan fingerprint density at radius 1 is 0.440 bits per heavy atom. The fourth-order valence-electron chi connectivity index (χ4n) is 7.05. The SMILES string of the molecule is C1=Cc2c(cccc2-c2cccc(-c3nc(-c4ccc(-c5ccccc5)cc4)cc(-c4ccc(-c5cncc6ccccc56)cc4)n3)c2)CC1. The average Bonchev–Trinajstić information content (AvgIpc) is 3.21. The zero-order chi connectivity index (χ0) is 33.3. The Balaban J connectivity index is 1.14. The van der Waals surface area contributed by atoms with Crippen LogP contribution >= 0.6 is 0 Å². The Bertz CT molecular complexity index is 2510. The molecule has 0 radical (unpaired) electrons. The number of pyridine rings is 1. The van der Waals surface area contributed by atoms with E-state index in [-0.39, 0.29) is 0 Å². The summed E-state index contributed by atoms with van der Waals surface area (Å²) < 4.78 is 0. The molecule has 0 saturated carbocycles. The molecule has 0 atom stereocenters. The highest BCUT2D eigenvalue weighted by molar-refractivity contribution is 5.96. The molecule has 1 aliphatic rings. The Hall–Kier alpha value is -6.45. The number of aryl methyl sites for hydroxylation is 1. The monoisotopic (exact) mass is 639 g/mol. The third-order valence-corrected chi connectivity index (χ3v) is 9.67. The summed E-state index contributed by atoms with van der Waals surface area (Å²) in [6, 6.07) is 53.6. The van der Waals surface area contributed by atoms with Crippen molar-refractivity contribution >= 4 is 16.8 Å². The van der Waals surface area contributed by atoms with Crippen molar-refractivity contribution in [2.75, 3.05) is 0 Å². The van der Waals surface area contributed by atoms with Gasteiger partial charge in [0.25, 0.3) is 0 Å². The van der Waals surface area contributed by atoms with Crippen LogP contribution in [-0.4, -0.2) is 15.0 Å². The van der Waals surface area contributed by atoms with Crippen LogP contribution in [0.15, 0.2) is 170 Å². The molecule has 0 N–H and O–H groups in total. The number of aromatic nitrogens is 3. The number of hydrogen-bond acceptors (Lipinski definition) is 3. The zero-order valence-corrected chi connectivity index (χ0v) is 27.5. The fourth-order valence-corrected chi connectivity index (χ4v) is 7.05. The number of benzene rings is 6. The lowest BCUT2D eigenvalue weighted by Gasteiger charge is -2.16. The van der Waals surface area contributed by atoms with Crippen molar-refractivity contribution in [1.29, 1.82) is 0 Å².